The summed E-state index contributed by atoms with van der Waals surface area (Å²) in [5.41, 5.74) is 5.15. The molecule has 104 valence electrons. The van der Waals surface area contributed by atoms with Crippen molar-refractivity contribution in [3.05, 3.63) is 40.4 Å². The Labute approximate surface area is 118 Å². The molecular weight excluding hydrogens is 280 g/mol. The minimum atomic E-state index is -0.605. The highest BCUT2D eigenvalue weighted by Crippen LogP contribution is 2.15. The summed E-state index contributed by atoms with van der Waals surface area (Å²) < 4.78 is 3.69. The Balaban J connectivity index is 2.01. The van der Waals surface area contributed by atoms with Crippen LogP contribution in [0.25, 0.3) is 0 Å². The molecule has 7 nitrogen and oxygen atoms in total. The summed E-state index contributed by atoms with van der Waals surface area (Å²) in [6.45, 7) is 1.86. The lowest BCUT2D eigenvalue weighted by Gasteiger charge is -2.07. The van der Waals surface area contributed by atoms with Crippen molar-refractivity contribution in [3.8, 4) is 5.75 Å². The van der Waals surface area contributed by atoms with Crippen LogP contribution >= 0.6 is 11.5 Å². The number of benzene rings is 1. The third-order valence-corrected chi connectivity index (χ3v) is 3.30. The first-order chi connectivity index (χ1) is 9.63. The van der Waals surface area contributed by atoms with Crippen LogP contribution in [-0.2, 0) is 6.42 Å². The summed E-state index contributed by atoms with van der Waals surface area (Å²) in [7, 11) is 0. The van der Waals surface area contributed by atoms with Gasteiger partial charge in [0.1, 0.15) is 10.6 Å². The van der Waals surface area contributed by atoms with E-state index in [1.54, 1.807) is 12.1 Å². The van der Waals surface area contributed by atoms with Crippen LogP contribution in [0.1, 0.15) is 32.6 Å². The number of hydrogen-bond acceptors (Lipinski definition) is 6. The fourth-order valence-corrected chi connectivity index (χ4v) is 2.16. The number of amides is 2. The molecule has 0 aliphatic rings. The molecular formula is C12H12N4O3S. The lowest BCUT2D eigenvalue weighted by molar-refractivity contribution is 0.0846. The molecule has 2 rings (SSSR count). The third kappa shape index (κ3) is 2.91. The van der Waals surface area contributed by atoms with Gasteiger partial charge in [0, 0.05) is 0 Å². The van der Waals surface area contributed by atoms with Gasteiger partial charge in [-0.3, -0.25) is 20.4 Å². The molecule has 2 amide bonds. The molecule has 0 aliphatic carbocycles. The Morgan fingerprint density at radius 2 is 1.95 bits per heavy atom. The van der Waals surface area contributed by atoms with Gasteiger partial charge in [-0.05, 0) is 30.1 Å². The van der Waals surface area contributed by atoms with Crippen LogP contribution in [0.5, 0.6) is 5.75 Å². The van der Waals surface area contributed by atoms with Crippen molar-refractivity contribution in [2.45, 2.75) is 13.3 Å². The number of phenols is 1. The molecule has 0 saturated carbocycles. The standard InChI is InChI=1S/C12H12N4O3S/c1-2-8-10(20-16-13-8)12(19)15-14-11(18)7-5-3-4-6-9(7)17/h3-6,17H,2H2,1H3,(H,14,18)(H,15,19). The van der Waals surface area contributed by atoms with Crippen LogP contribution in [0.15, 0.2) is 24.3 Å². The second kappa shape index (κ2) is 6.11. The minimum absolute atomic E-state index is 0.0749. The normalized spacial score (nSPS) is 10.1. The van der Waals surface area contributed by atoms with Gasteiger partial charge in [-0.15, -0.1) is 5.10 Å². The number of rotatable bonds is 3. The molecule has 0 bridgehead atoms. The molecule has 1 heterocycles. The van der Waals surface area contributed by atoms with Crippen molar-refractivity contribution in [2.24, 2.45) is 0 Å². The van der Waals surface area contributed by atoms with Gasteiger partial charge < -0.3 is 5.11 Å². The van der Waals surface area contributed by atoms with E-state index in [0.717, 1.165) is 11.5 Å². The van der Waals surface area contributed by atoms with Crippen LogP contribution < -0.4 is 10.9 Å². The van der Waals surface area contributed by atoms with E-state index in [1.165, 1.54) is 12.1 Å². The molecule has 8 heteroatoms. The first-order valence-corrected chi connectivity index (χ1v) is 6.60. The van der Waals surface area contributed by atoms with Crippen molar-refractivity contribution in [1.29, 1.82) is 0 Å². The van der Waals surface area contributed by atoms with Gasteiger partial charge in [0.2, 0.25) is 0 Å². The second-order valence-electron chi connectivity index (χ2n) is 3.83. The van der Waals surface area contributed by atoms with Gasteiger partial charge in [0.15, 0.2) is 0 Å². The molecule has 0 fully saturated rings. The van der Waals surface area contributed by atoms with Crippen molar-refractivity contribution in [3.63, 3.8) is 0 Å². The predicted molar refractivity (Wildman–Crippen MR) is 72.3 cm³/mol. The average Bonchev–Trinajstić information content (AvgIpc) is 2.93. The number of phenolic OH excluding ortho intramolecular Hbond substituents is 1. The molecule has 0 atom stereocenters. The van der Waals surface area contributed by atoms with Crippen LogP contribution in [-0.4, -0.2) is 26.5 Å². The number of para-hydroxylation sites is 1. The van der Waals surface area contributed by atoms with E-state index in [0.29, 0.717) is 17.0 Å². The number of hydrogen-bond donors (Lipinski definition) is 3. The SMILES string of the molecule is CCc1nnsc1C(=O)NNC(=O)c1ccccc1O. The molecule has 0 radical (unpaired) electrons. The number of carbonyl (C=O) groups is 2. The first-order valence-electron chi connectivity index (χ1n) is 5.83. The summed E-state index contributed by atoms with van der Waals surface area (Å²) in [5.74, 6) is -1.25. The van der Waals surface area contributed by atoms with Gasteiger partial charge >= 0.3 is 0 Å². The van der Waals surface area contributed by atoms with E-state index in [-0.39, 0.29) is 11.3 Å². The number of aryl methyl sites for hydroxylation is 1. The largest absolute Gasteiger partial charge is 0.507 e. The molecule has 20 heavy (non-hydrogen) atoms. The van der Waals surface area contributed by atoms with E-state index in [1.807, 2.05) is 6.92 Å². The summed E-state index contributed by atoms with van der Waals surface area (Å²) in [5, 5.41) is 13.3. The smallest absolute Gasteiger partial charge is 0.283 e. The molecule has 0 unspecified atom stereocenters. The van der Waals surface area contributed by atoms with E-state index in [2.05, 4.69) is 20.4 Å². The maximum atomic E-state index is 11.8. The molecule has 3 N–H and O–H groups in total. The predicted octanol–water partition coefficient (Wildman–Crippen LogP) is 0.881. The number of nitrogens with zero attached hydrogens (tertiary/aromatic N) is 2. The van der Waals surface area contributed by atoms with E-state index >= 15 is 0 Å². The van der Waals surface area contributed by atoms with E-state index in [4.69, 9.17) is 0 Å². The Kier molecular flexibility index (Phi) is 4.26. The minimum Gasteiger partial charge on any atom is -0.507 e. The van der Waals surface area contributed by atoms with E-state index < -0.39 is 11.8 Å². The zero-order valence-corrected chi connectivity index (χ0v) is 11.4. The molecule has 1 aromatic heterocycles. The van der Waals surface area contributed by atoms with Gasteiger partial charge in [-0.25, -0.2) is 0 Å². The van der Waals surface area contributed by atoms with Gasteiger partial charge in [-0.2, -0.15) is 0 Å². The summed E-state index contributed by atoms with van der Waals surface area (Å²) in [6.07, 6.45) is 0.576. The fourth-order valence-electron chi connectivity index (χ4n) is 1.52. The molecule has 2 aromatic rings. The van der Waals surface area contributed by atoms with Crippen LogP contribution in [0.2, 0.25) is 0 Å². The number of hydrazine groups is 1. The summed E-state index contributed by atoms with van der Waals surface area (Å²) in [4.78, 5) is 24.0. The number of nitrogens with one attached hydrogen (secondary N) is 2. The lowest BCUT2D eigenvalue weighted by Crippen LogP contribution is -2.41. The van der Waals surface area contributed by atoms with Gasteiger partial charge in [-0.1, -0.05) is 23.5 Å². The molecule has 1 aromatic carbocycles. The highest BCUT2D eigenvalue weighted by atomic mass is 32.1. The average molecular weight is 292 g/mol. The number of aromatic nitrogens is 2. The zero-order chi connectivity index (χ0) is 14.5. The van der Waals surface area contributed by atoms with E-state index in [9.17, 15) is 14.7 Å². The second-order valence-corrected chi connectivity index (χ2v) is 4.58. The van der Waals surface area contributed by atoms with Crippen LogP contribution in [0, 0.1) is 0 Å². The number of carbonyl (C=O) groups excluding carboxylic acids is 2. The molecule has 0 saturated heterocycles. The monoisotopic (exact) mass is 292 g/mol. The van der Waals surface area contributed by atoms with Crippen molar-refractivity contribution < 1.29 is 14.7 Å². The van der Waals surface area contributed by atoms with Crippen LogP contribution in [0.4, 0.5) is 0 Å². The third-order valence-electron chi connectivity index (χ3n) is 2.54. The Hall–Kier alpha value is -2.48. The van der Waals surface area contributed by atoms with Crippen molar-refractivity contribution >= 4 is 23.3 Å². The van der Waals surface area contributed by atoms with Crippen molar-refractivity contribution in [2.75, 3.05) is 0 Å². The molecule has 0 aliphatic heterocycles. The molecule has 0 spiro atoms. The van der Waals surface area contributed by atoms with Gasteiger partial charge in [0.05, 0.1) is 11.3 Å². The highest BCUT2D eigenvalue weighted by molar-refractivity contribution is 7.08. The summed E-state index contributed by atoms with van der Waals surface area (Å²) in [6, 6.07) is 6.04. The topological polar surface area (TPSA) is 104 Å². The maximum Gasteiger partial charge on any atom is 0.283 e. The number of aromatic hydroxyl groups is 1. The van der Waals surface area contributed by atoms with Crippen molar-refractivity contribution in [1.82, 2.24) is 20.4 Å². The Morgan fingerprint density at radius 3 is 2.65 bits per heavy atom. The maximum absolute atomic E-state index is 11.8. The van der Waals surface area contributed by atoms with Gasteiger partial charge in [0.25, 0.3) is 11.8 Å². The summed E-state index contributed by atoms with van der Waals surface area (Å²) >= 11 is 0.959. The zero-order valence-electron chi connectivity index (χ0n) is 10.6. The Bertz CT molecular complexity index is 641. The lowest BCUT2D eigenvalue weighted by atomic mass is 10.2. The fraction of sp³-hybridized carbons (Fsp3) is 0.167. The highest BCUT2D eigenvalue weighted by Gasteiger charge is 2.16. The Morgan fingerprint density at radius 1 is 1.25 bits per heavy atom. The van der Waals surface area contributed by atoms with Crippen LogP contribution in [0.3, 0.4) is 0 Å². The quantitative estimate of drug-likeness (QED) is 0.728. The first kappa shape index (κ1) is 13.9.